The van der Waals surface area contributed by atoms with Crippen LogP contribution in [0.5, 0.6) is 5.75 Å². The largest absolute Gasteiger partial charge is 0.489 e. The molecule has 2 atom stereocenters. The van der Waals surface area contributed by atoms with E-state index in [0.717, 1.165) is 54.2 Å². The van der Waals surface area contributed by atoms with Crippen molar-refractivity contribution in [1.82, 2.24) is 4.90 Å². The van der Waals surface area contributed by atoms with Gasteiger partial charge in [0.15, 0.2) is 0 Å². The van der Waals surface area contributed by atoms with E-state index >= 15 is 0 Å². The van der Waals surface area contributed by atoms with Gasteiger partial charge in [0.25, 0.3) is 0 Å². The summed E-state index contributed by atoms with van der Waals surface area (Å²) in [7, 11) is 3.93. The first kappa shape index (κ1) is 26.6. The number of nitrogens with two attached hydrogens (primary N) is 1. The molecule has 37 heavy (non-hydrogen) atoms. The van der Waals surface area contributed by atoms with Crippen LogP contribution in [0.1, 0.15) is 59.1 Å². The number of nitrogens with zero attached hydrogens (tertiary/aromatic N) is 1. The van der Waals surface area contributed by atoms with Gasteiger partial charge in [-0.05, 0) is 60.2 Å². The molecule has 0 radical (unpaired) electrons. The van der Waals surface area contributed by atoms with Crippen LogP contribution in [0.25, 0.3) is 0 Å². The Hall–Kier alpha value is -3.45. The number of ether oxygens (including phenoxy) is 1. The Kier molecular flexibility index (Phi) is 8.13. The number of nitrogens with one attached hydrogen (secondary N) is 1. The Labute approximate surface area is 221 Å². The maximum Gasteiger partial charge on any atom is 0.304 e. The lowest BCUT2D eigenvalue weighted by molar-refractivity contribution is -0.137. The molecule has 3 aromatic rings. The van der Waals surface area contributed by atoms with Gasteiger partial charge in [-0.2, -0.15) is 0 Å². The summed E-state index contributed by atoms with van der Waals surface area (Å²) in [6, 6.07) is 16.7. The topological polar surface area (TPSA) is 87.8 Å². The molecule has 0 aliphatic carbocycles. The summed E-state index contributed by atoms with van der Waals surface area (Å²) in [4.78, 5) is 14.4. The van der Waals surface area contributed by atoms with Crippen molar-refractivity contribution in [2.75, 3.05) is 24.6 Å². The molecule has 1 heterocycles. The third kappa shape index (κ3) is 5.94. The minimum Gasteiger partial charge on any atom is -0.489 e. The van der Waals surface area contributed by atoms with Gasteiger partial charge in [-0.3, -0.25) is 9.69 Å². The average molecular weight is 499 g/mol. The second kappa shape index (κ2) is 11.3. The molecule has 0 saturated carbocycles. The van der Waals surface area contributed by atoms with E-state index in [1.54, 1.807) is 0 Å². The number of carboxylic acids is 1. The van der Waals surface area contributed by atoms with Crippen molar-refractivity contribution in [2.45, 2.75) is 58.7 Å². The summed E-state index contributed by atoms with van der Waals surface area (Å²) in [6.07, 6.45) is 1.07. The number of aliphatic carboxylic acids is 1. The molecule has 1 aliphatic rings. The molecule has 0 amide bonds. The summed E-state index contributed by atoms with van der Waals surface area (Å²) in [6.45, 7) is 8.69. The van der Waals surface area contributed by atoms with Gasteiger partial charge in [0, 0.05) is 38.2 Å². The number of anilines is 2. The van der Waals surface area contributed by atoms with E-state index < -0.39 is 5.97 Å². The van der Waals surface area contributed by atoms with E-state index in [2.05, 4.69) is 68.3 Å². The van der Waals surface area contributed by atoms with Gasteiger partial charge in [-0.25, -0.2) is 0 Å². The van der Waals surface area contributed by atoms with Crippen LogP contribution >= 0.6 is 0 Å². The molecule has 4 rings (SSSR count). The molecule has 0 fully saturated rings. The molecule has 2 unspecified atom stereocenters. The highest BCUT2D eigenvalue weighted by Crippen LogP contribution is 2.36. The lowest BCUT2D eigenvalue weighted by Gasteiger charge is -2.26. The summed E-state index contributed by atoms with van der Waals surface area (Å²) in [5.41, 5.74) is 15.6. The SMILES string of the molecule is Bc1ccc2c(c1)OC(CC)CN(Cc1cc(C(CC(=O)O)c3ccc(NC)c(N)c3C)ccc1C)C2. The Morgan fingerprint density at radius 3 is 2.70 bits per heavy atom. The first-order valence-electron chi connectivity index (χ1n) is 13.1. The number of nitrogen functional groups attached to an aromatic ring is 1. The molecule has 0 bridgehead atoms. The molecule has 3 aromatic carbocycles. The van der Waals surface area contributed by atoms with Crippen molar-refractivity contribution < 1.29 is 14.6 Å². The van der Waals surface area contributed by atoms with E-state index in [4.69, 9.17) is 10.5 Å². The van der Waals surface area contributed by atoms with Crippen LogP contribution in [0.15, 0.2) is 48.5 Å². The van der Waals surface area contributed by atoms with Crippen molar-refractivity contribution in [2.24, 2.45) is 0 Å². The Morgan fingerprint density at radius 2 is 2.00 bits per heavy atom. The van der Waals surface area contributed by atoms with Crippen LogP contribution in [-0.4, -0.2) is 43.5 Å². The van der Waals surface area contributed by atoms with Crippen LogP contribution in [-0.2, 0) is 17.9 Å². The summed E-state index contributed by atoms with van der Waals surface area (Å²) >= 11 is 0. The van der Waals surface area contributed by atoms with Crippen molar-refractivity contribution in [3.05, 3.63) is 81.9 Å². The molecular weight excluding hydrogens is 461 g/mol. The van der Waals surface area contributed by atoms with E-state index in [1.807, 2.05) is 26.1 Å². The molecular formula is C30H38BN3O3. The lowest BCUT2D eigenvalue weighted by atomic mass is 9.84. The summed E-state index contributed by atoms with van der Waals surface area (Å²) < 4.78 is 6.37. The zero-order valence-electron chi connectivity index (χ0n) is 22.6. The number of benzene rings is 3. The molecule has 1 aliphatic heterocycles. The van der Waals surface area contributed by atoms with Crippen LogP contribution in [0.3, 0.4) is 0 Å². The highest BCUT2D eigenvalue weighted by Gasteiger charge is 2.25. The third-order valence-corrected chi connectivity index (χ3v) is 7.58. The van der Waals surface area contributed by atoms with Gasteiger partial charge in [-0.1, -0.05) is 48.8 Å². The zero-order chi connectivity index (χ0) is 26.7. The maximum atomic E-state index is 11.9. The van der Waals surface area contributed by atoms with Gasteiger partial charge in [0.1, 0.15) is 19.7 Å². The van der Waals surface area contributed by atoms with Crippen molar-refractivity contribution in [1.29, 1.82) is 0 Å². The van der Waals surface area contributed by atoms with E-state index in [1.165, 1.54) is 22.2 Å². The average Bonchev–Trinajstić information content (AvgIpc) is 3.04. The lowest BCUT2D eigenvalue weighted by Crippen LogP contribution is -2.32. The van der Waals surface area contributed by atoms with Crippen LogP contribution < -0.4 is 21.3 Å². The molecule has 7 heteroatoms. The Balaban J connectivity index is 1.68. The molecule has 0 saturated heterocycles. The Bertz CT molecular complexity index is 1290. The minimum atomic E-state index is -0.829. The first-order valence-corrected chi connectivity index (χ1v) is 13.1. The second-order valence-corrected chi connectivity index (χ2v) is 10.3. The Morgan fingerprint density at radius 1 is 1.22 bits per heavy atom. The first-order chi connectivity index (χ1) is 17.7. The number of fused-ring (bicyclic) bond motifs is 1. The number of aryl methyl sites for hydroxylation is 1. The standard InChI is InChI=1S/C30H38BN3O3/c1-5-24-17-34(15-21-8-9-23(31)13-28(21)37-24)16-22-12-20(7-6-18(22)2)26(14-29(35)36)25-10-11-27(33-4)30(32)19(25)3/h6-13,24,26,33H,5,14-17,31-32H2,1-4H3,(H,35,36). The third-order valence-electron chi connectivity index (χ3n) is 7.58. The summed E-state index contributed by atoms with van der Waals surface area (Å²) in [5.74, 6) is -0.130. The number of hydrogen-bond donors (Lipinski definition) is 3. The molecule has 194 valence electrons. The van der Waals surface area contributed by atoms with E-state index in [-0.39, 0.29) is 18.4 Å². The monoisotopic (exact) mass is 499 g/mol. The van der Waals surface area contributed by atoms with Gasteiger partial charge in [-0.15, -0.1) is 0 Å². The fourth-order valence-electron chi connectivity index (χ4n) is 5.29. The maximum absolute atomic E-state index is 11.9. The quantitative estimate of drug-likeness (QED) is 0.321. The molecule has 6 nitrogen and oxygen atoms in total. The van der Waals surface area contributed by atoms with Crippen molar-refractivity contribution >= 4 is 30.7 Å². The van der Waals surface area contributed by atoms with Crippen molar-refractivity contribution in [3.8, 4) is 5.75 Å². The van der Waals surface area contributed by atoms with Crippen LogP contribution in [0.4, 0.5) is 11.4 Å². The summed E-state index contributed by atoms with van der Waals surface area (Å²) in [5, 5.41) is 12.9. The van der Waals surface area contributed by atoms with Crippen molar-refractivity contribution in [3.63, 3.8) is 0 Å². The smallest absolute Gasteiger partial charge is 0.304 e. The number of rotatable bonds is 8. The predicted molar refractivity (Wildman–Crippen MR) is 154 cm³/mol. The number of carbonyl (C=O) groups is 1. The van der Waals surface area contributed by atoms with E-state index in [0.29, 0.717) is 5.69 Å². The van der Waals surface area contributed by atoms with Gasteiger partial charge < -0.3 is 20.9 Å². The predicted octanol–water partition coefficient (Wildman–Crippen LogP) is 3.97. The highest BCUT2D eigenvalue weighted by atomic mass is 16.5. The number of hydrogen-bond acceptors (Lipinski definition) is 5. The van der Waals surface area contributed by atoms with E-state index in [9.17, 15) is 9.90 Å². The normalized spacial score (nSPS) is 16.4. The fourth-order valence-corrected chi connectivity index (χ4v) is 5.29. The molecule has 4 N–H and O–H groups in total. The molecule has 0 spiro atoms. The van der Waals surface area contributed by atoms with Crippen LogP contribution in [0, 0.1) is 13.8 Å². The van der Waals surface area contributed by atoms with Gasteiger partial charge in [0.2, 0.25) is 0 Å². The van der Waals surface area contributed by atoms with Gasteiger partial charge >= 0.3 is 5.97 Å². The zero-order valence-corrected chi connectivity index (χ0v) is 22.6. The minimum absolute atomic E-state index is 0.00384. The van der Waals surface area contributed by atoms with Gasteiger partial charge in [0.05, 0.1) is 17.8 Å². The number of carboxylic acid groups (broad SMARTS) is 1. The van der Waals surface area contributed by atoms with Crippen LogP contribution in [0.2, 0.25) is 0 Å². The second-order valence-electron chi connectivity index (χ2n) is 10.3. The fraction of sp³-hybridized carbons (Fsp3) is 0.367. The highest BCUT2D eigenvalue weighted by molar-refractivity contribution is 6.32. The molecule has 0 aromatic heterocycles.